The number of halogens is 2. The summed E-state index contributed by atoms with van der Waals surface area (Å²) in [6.07, 6.45) is 0. The number of hydrogen-bond donors (Lipinski definition) is 1. The summed E-state index contributed by atoms with van der Waals surface area (Å²) >= 11 is 4.49. The van der Waals surface area contributed by atoms with Crippen LogP contribution in [0.2, 0.25) is 0 Å². The van der Waals surface area contributed by atoms with E-state index in [1.807, 2.05) is 26.2 Å². The highest BCUT2D eigenvalue weighted by atomic mass is 79.9. The van der Waals surface area contributed by atoms with Crippen molar-refractivity contribution < 1.29 is 9.18 Å². The van der Waals surface area contributed by atoms with Crippen LogP contribution in [0, 0.1) is 5.82 Å². The summed E-state index contributed by atoms with van der Waals surface area (Å²) < 4.78 is 14.3. The van der Waals surface area contributed by atoms with Gasteiger partial charge in [0.15, 0.2) is 5.13 Å². The van der Waals surface area contributed by atoms with Crippen molar-refractivity contribution in [2.75, 3.05) is 5.32 Å². The van der Waals surface area contributed by atoms with Gasteiger partial charge in [-0.3, -0.25) is 10.1 Å². The lowest BCUT2D eigenvalue weighted by Gasteiger charge is -2.14. The van der Waals surface area contributed by atoms with Gasteiger partial charge >= 0.3 is 0 Å². The van der Waals surface area contributed by atoms with E-state index < -0.39 is 11.7 Å². The molecule has 106 valence electrons. The van der Waals surface area contributed by atoms with Crippen LogP contribution in [0.25, 0.3) is 0 Å². The first-order valence-corrected chi connectivity index (χ1v) is 7.67. The molecule has 0 saturated carbocycles. The summed E-state index contributed by atoms with van der Waals surface area (Å²) in [5.41, 5.74) is 0.817. The van der Waals surface area contributed by atoms with Gasteiger partial charge in [0.1, 0.15) is 5.82 Å². The van der Waals surface area contributed by atoms with Gasteiger partial charge in [-0.05, 0) is 18.2 Å². The highest BCUT2D eigenvalue weighted by Gasteiger charge is 2.19. The first kappa shape index (κ1) is 15.1. The third-order valence-electron chi connectivity index (χ3n) is 2.67. The monoisotopic (exact) mass is 356 g/mol. The maximum absolute atomic E-state index is 13.7. The predicted molar refractivity (Wildman–Crippen MR) is 82.9 cm³/mol. The van der Waals surface area contributed by atoms with Gasteiger partial charge in [0.2, 0.25) is 0 Å². The highest BCUT2D eigenvalue weighted by Crippen LogP contribution is 2.26. The van der Waals surface area contributed by atoms with E-state index >= 15 is 0 Å². The van der Waals surface area contributed by atoms with E-state index in [-0.39, 0.29) is 11.0 Å². The number of aromatic nitrogens is 1. The smallest absolute Gasteiger partial charge is 0.260 e. The van der Waals surface area contributed by atoms with Crippen molar-refractivity contribution >= 4 is 38.3 Å². The molecule has 0 aliphatic rings. The van der Waals surface area contributed by atoms with Crippen LogP contribution in [0.3, 0.4) is 0 Å². The summed E-state index contributed by atoms with van der Waals surface area (Å²) in [5.74, 6) is -1.06. The van der Waals surface area contributed by atoms with Gasteiger partial charge in [-0.2, -0.15) is 0 Å². The Labute approximate surface area is 129 Å². The first-order valence-electron chi connectivity index (χ1n) is 6.00. The molecule has 1 N–H and O–H groups in total. The maximum atomic E-state index is 13.7. The minimum Gasteiger partial charge on any atom is -0.298 e. The van der Waals surface area contributed by atoms with Gasteiger partial charge in [-0.1, -0.05) is 36.7 Å². The summed E-state index contributed by atoms with van der Waals surface area (Å²) in [6, 6.07) is 4.32. The molecule has 0 saturated heterocycles. The fourth-order valence-corrected chi connectivity index (χ4v) is 2.78. The number of rotatable bonds is 2. The van der Waals surface area contributed by atoms with Crippen molar-refractivity contribution in [2.45, 2.75) is 26.2 Å². The van der Waals surface area contributed by atoms with E-state index in [9.17, 15) is 9.18 Å². The van der Waals surface area contributed by atoms with Crippen LogP contribution in [-0.2, 0) is 5.41 Å². The Morgan fingerprint density at radius 2 is 2.10 bits per heavy atom. The van der Waals surface area contributed by atoms with Crippen LogP contribution in [0.5, 0.6) is 0 Å². The van der Waals surface area contributed by atoms with E-state index in [1.54, 1.807) is 6.07 Å². The molecular weight excluding hydrogens is 343 g/mol. The zero-order valence-corrected chi connectivity index (χ0v) is 13.7. The fourth-order valence-electron chi connectivity index (χ4n) is 1.51. The van der Waals surface area contributed by atoms with E-state index in [1.165, 1.54) is 23.5 Å². The molecular formula is C14H14BrFN2OS. The zero-order valence-electron chi connectivity index (χ0n) is 11.3. The number of hydrogen-bond acceptors (Lipinski definition) is 3. The van der Waals surface area contributed by atoms with Crippen LogP contribution in [-0.4, -0.2) is 10.9 Å². The standard InChI is InChI=1S/C14H14BrFN2OS/c1-14(2,3)11-7-20-13(17-11)18-12(19)9-5-4-8(15)6-10(9)16/h4-7H,1-3H3,(H,17,18,19). The first-order chi connectivity index (χ1) is 9.27. The molecule has 20 heavy (non-hydrogen) atoms. The molecule has 2 rings (SSSR count). The van der Waals surface area contributed by atoms with E-state index in [0.29, 0.717) is 9.60 Å². The number of benzene rings is 1. The molecule has 0 radical (unpaired) electrons. The molecule has 1 aromatic carbocycles. The normalized spacial score (nSPS) is 11.4. The third kappa shape index (κ3) is 3.43. The van der Waals surface area contributed by atoms with Crippen LogP contribution < -0.4 is 5.32 Å². The van der Waals surface area contributed by atoms with Gasteiger partial charge < -0.3 is 0 Å². The van der Waals surface area contributed by atoms with Crippen molar-refractivity contribution in [3.05, 3.63) is 45.1 Å². The van der Waals surface area contributed by atoms with Crippen LogP contribution in [0.15, 0.2) is 28.1 Å². The second-order valence-corrected chi connectivity index (χ2v) is 7.14. The van der Waals surface area contributed by atoms with Crippen molar-refractivity contribution in [1.29, 1.82) is 0 Å². The molecule has 6 heteroatoms. The Morgan fingerprint density at radius 3 is 2.65 bits per heavy atom. The molecule has 0 fully saturated rings. The molecule has 2 aromatic rings. The molecule has 1 aromatic heterocycles. The van der Waals surface area contributed by atoms with Gasteiger partial charge in [-0.25, -0.2) is 9.37 Å². The number of amides is 1. The largest absolute Gasteiger partial charge is 0.298 e. The summed E-state index contributed by atoms with van der Waals surface area (Å²) in [7, 11) is 0. The molecule has 0 atom stereocenters. The Morgan fingerprint density at radius 1 is 1.40 bits per heavy atom. The predicted octanol–water partition coefficient (Wildman–Crippen LogP) is 4.59. The number of nitrogens with zero attached hydrogens (tertiary/aromatic N) is 1. The van der Waals surface area contributed by atoms with Crippen molar-refractivity contribution in [1.82, 2.24) is 4.98 Å². The Kier molecular flexibility index (Phi) is 4.25. The SMILES string of the molecule is CC(C)(C)c1csc(NC(=O)c2ccc(Br)cc2F)n1. The summed E-state index contributed by atoms with van der Waals surface area (Å²) in [4.78, 5) is 16.4. The molecule has 0 aliphatic heterocycles. The molecule has 0 unspecified atom stereocenters. The molecule has 1 amide bonds. The fraction of sp³-hybridized carbons (Fsp3) is 0.286. The van der Waals surface area contributed by atoms with Gasteiger partial charge in [0, 0.05) is 15.3 Å². The minimum atomic E-state index is -0.565. The van der Waals surface area contributed by atoms with Gasteiger partial charge in [0.25, 0.3) is 5.91 Å². The molecule has 0 bridgehead atoms. The number of thiazole rings is 1. The summed E-state index contributed by atoms with van der Waals surface area (Å²) in [6.45, 7) is 6.13. The van der Waals surface area contributed by atoms with Crippen molar-refractivity contribution in [3.63, 3.8) is 0 Å². The van der Waals surface area contributed by atoms with E-state index in [2.05, 4.69) is 26.2 Å². The van der Waals surface area contributed by atoms with Gasteiger partial charge in [0.05, 0.1) is 11.3 Å². The second-order valence-electron chi connectivity index (χ2n) is 5.37. The van der Waals surface area contributed by atoms with Crippen LogP contribution in [0.1, 0.15) is 36.8 Å². The number of carbonyl (C=O) groups is 1. The quantitative estimate of drug-likeness (QED) is 0.854. The lowest BCUT2D eigenvalue weighted by molar-refractivity contribution is 0.102. The second kappa shape index (κ2) is 5.61. The van der Waals surface area contributed by atoms with Gasteiger partial charge in [-0.15, -0.1) is 11.3 Å². The molecule has 0 spiro atoms. The molecule has 1 heterocycles. The Balaban J connectivity index is 2.17. The zero-order chi connectivity index (χ0) is 14.9. The molecule has 0 aliphatic carbocycles. The van der Waals surface area contributed by atoms with E-state index in [0.717, 1.165) is 5.69 Å². The summed E-state index contributed by atoms with van der Waals surface area (Å²) in [5, 5.41) is 4.99. The number of anilines is 1. The van der Waals surface area contributed by atoms with Crippen LogP contribution in [0.4, 0.5) is 9.52 Å². The number of carbonyl (C=O) groups excluding carboxylic acids is 1. The van der Waals surface area contributed by atoms with Crippen LogP contribution >= 0.6 is 27.3 Å². The van der Waals surface area contributed by atoms with Crippen molar-refractivity contribution in [3.8, 4) is 0 Å². The Hall–Kier alpha value is -1.27. The highest BCUT2D eigenvalue weighted by molar-refractivity contribution is 9.10. The lowest BCUT2D eigenvalue weighted by atomic mass is 9.93. The minimum absolute atomic E-state index is 0.000656. The average molecular weight is 357 g/mol. The third-order valence-corrected chi connectivity index (χ3v) is 3.92. The topological polar surface area (TPSA) is 42.0 Å². The Bertz CT molecular complexity index is 649. The van der Waals surface area contributed by atoms with Crippen molar-refractivity contribution in [2.24, 2.45) is 0 Å². The maximum Gasteiger partial charge on any atom is 0.260 e. The lowest BCUT2D eigenvalue weighted by Crippen LogP contribution is -2.15. The number of nitrogens with one attached hydrogen (secondary N) is 1. The average Bonchev–Trinajstić information content (AvgIpc) is 2.76. The van der Waals surface area contributed by atoms with E-state index in [4.69, 9.17) is 0 Å². The molecule has 3 nitrogen and oxygen atoms in total.